The molecule has 0 saturated carbocycles. The summed E-state index contributed by atoms with van der Waals surface area (Å²) in [7, 11) is 0. The molecule has 1 aromatic heterocycles. The van der Waals surface area contributed by atoms with Gasteiger partial charge in [-0.25, -0.2) is 0 Å². The average Bonchev–Trinajstić information content (AvgIpc) is 3.02. The second-order valence-corrected chi connectivity index (χ2v) is 8.73. The summed E-state index contributed by atoms with van der Waals surface area (Å²) in [5.41, 5.74) is 7.25. The monoisotopic (exact) mass is 397 g/mol. The average molecular weight is 398 g/mol. The lowest BCUT2D eigenvalue weighted by Crippen LogP contribution is -2.30. The summed E-state index contributed by atoms with van der Waals surface area (Å²) in [6.07, 6.45) is 7.70. The van der Waals surface area contributed by atoms with Gasteiger partial charge in [0.15, 0.2) is 0 Å². The Morgan fingerprint density at radius 1 is 1.15 bits per heavy atom. The fourth-order valence-electron chi connectivity index (χ4n) is 4.22. The van der Waals surface area contributed by atoms with Crippen molar-refractivity contribution < 1.29 is 4.79 Å². The molecule has 1 saturated heterocycles. The van der Waals surface area contributed by atoms with E-state index in [4.69, 9.17) is 11.6 Å². The number of hydrogen-bond acceptors (Lipinski definition) is 3. The lowest BCUT2D eigenvalue weighted by molar-refractivity contribution is -0.107. The van der Waals surface area contributed by atoms with E-state index in [1.54, 1.807) is 16.9 Å². The number of fused-ring (bicyclic) bond motifs is 2. The fourth-order valence-corrected chi connectivity index (χ4v) is 5.36. The molecule has 2 heterocycles. The minimum absolute atomic E-state index is 0.422. The summed E-state index contributed by atoms with van der Waals surface area (Å²) in [6, 6.07) is 11.1. The lowest BCUT2D eigenvalue weighted by Gasteiger charge is -2.29. The van der Waals surface area contributed by atoms with Gasteiger partial charge in [-0.15, -0.1) is 11.3 Å². The van der Waals surface area contributed by atoms with Crippen LogP contribution in [-0.2, 0) is 17.6 Å². The highest BCUT2D eigenvalue weighted by Crippen LogP contribution is 2.42. The van der Waals surface area contributed by atoms with Gasteiger partial charge < -0.3 is 4.90 Å². The van der Waals surface area contributed by atoms with Gasteiger partial charge in [-0.2, -0.15) is 0 Å². The van der Waals surface area contributed by atoms with E-state index < -0.39 is 5.24 Å². The number of rotatable bonds is 3. The Hall–Kier alpha value is -1.68. The van der Waals surface area contributed by atoms with Crippen LogP contribution in [0.15, 0.2) is 42.0 Å². The highest BCUT2D eigenvalue weighted by Gasteiger charge is 2.25. The van der Waals surface area contributed by atoms with E-state index in [1.807, 2.05) is 6.08 Å². The summed E-state index contributed by atoms with van der Waals surface area (Å²) in [5, 5.41) is -0.422. The van der Waals surface area contributed by atoms with Crippen LogP contribution in [0.5, 0.6) is 0 Å². The molecular weight excluding hydrogens is 374 g/mol. The van der Waals surface area contributed by atoms with Crippen LogP contribution in [-0.4, -0.2) is 29.8 Å². The maximum Gasteiger partial charge on any atom is 0.245 e. The molecule has 1 aromatic carbocycles. The van der Waals surface area contributed by atoms with E-state index in [9.17, 15) is 4.79 Å². The first-order valence-electron chi connectivity index (χ1n) is 9.69. The molecule has 2 nitrogen and oxygen atoms in total. The summed E-state index contributed by atoms with van der Waals surface area (Å²) >= 11 is 7.28. The Morgan fingerprint density at radius 2 is 1.93 bits per heavy atom. The van der Waals surface area contributed by atoms with Crippen molar-refractivity contribution in [3.63, 3.8) is 0 Å². The number of benzene rings is 1. The third kappa shape index (κ3) is 3.96. The maximum atomic E-state index is 11.1. The predicted molar refractivity (Wildman–Crippen MR) is 115 cm³/mol. The SMILES string of the molecule is CCN1CCC(=C2c3ccccc3CCc3sc(C=CC(=O)Cl)cc32)CC1. The van der Waals surface area contributed by atoms with Crippen molar-refractivity contribution in [3.8, 4) is 0 Å². The fraction of sp³-hybridized carbons (Fsp3) is 0.348. The number of piperidine rings is 1. The molecule has 1 aliphatic carbocycles. The number of likely N-dealkylation sites (tertiary alicyclic amines) is 1. The quantitative estimate of drug-likeness (QED) is 0.500. The molecule has 27 heavy (non-hydrogen) atoms. The smallest absolute Gasteiger partial charge is 0.245 e. The second-order valence-electron chi connectivity index (χ2n) is 7.19. The molecule has 0 amide bonds. The zero-order valence-electron chi connectivity index (χ0n) is 15.6. The van der Waals surface area contributed by atoms with Gasteiger partial charge in [-0.05, 0) is 84.3 Å². The van der Waals surface area contributed by atoms with E-state index in [0.29, 0.717) is 0 Å². The van der Waals surface area contributed by atoms with E-state index in [1.165, 1.54) is 33.2 Å². The standard InChI is InChI=1S/C23H24ClNOS/c1-2-25-13-11-17(12-14-25)23-19-6-4-3-5-16(19)7-9-21-20(23)15-18(27-21)8-10-22(24)26/h3-6,8,10,15H,2,7,9,11-14H2,1H3. The van der Waals surface area contributed by atoms with Crippen molar-refractivity contribution >= 4 is 39.8 Å². The molecule has 0 unspecified atom stereocenters. The Kier molecular flexibility index (Phi) is 5.63. The normalized spacial score (nSPS) is 17.7. The maximum absolute atomic E-state index is 11.1. The molecule has 0 bridgehead atoms. The third-order valence-electron chi connectivity index (χ3n) is 5.64. The Labute approximate surface area is 170 Å². The minimum atomic E-state index is -0.422. The number of halogens is 1. The molecule has 0 spiro atoms. The van der Waals surface area contributed by atoms with Crippen LogP contribution in [0.2, 0.25) is 0 Å². The Morgan fingerprint density at radius 3 is 2.67 bits per heavy atom. The third-order valence-corrected chi connectivity index (χ3v) is 6.93. The van der Waals surface area contributed by atoms with Gasteiger partial charge in [0, 0.05) is 22.8 Å². The predicted octanol–water partition coefficient (Wildman–Crippen LogP) is 5.54. The van der Waals surface area contributed by atoms with Gasteiger partial charge in [0.1, 0.15) is 0 Å². The van der Waals surface area contributed by atoms with E-state index in [0.717, 1.165) is 50.2 Å². The van der Waals surface area contributed by atoms with Crippen LogP contribution in [0.1, 0.15) is 46.2 Å². The molecule has 2 aromatic rings. The topological polar surface area (TPSA) is 20.3 Å². The first kappa shape index (κ1) is 18.7. The summed E-state index contributed by atoms with van der Waals surface area (Å²) < 4.78 is 0. The number of aryl methyl sites for hydroxylation is 2. The van der Waals surface area contributed by atoms with Crippen molar-refractivity contribution in [2.24, 2.45) is 0 Å². The number of hydrogen-bond donors (Lipinski definition) is 0. The van der Waals surface area contributed by atoms with Crippen LogP contribution < -0.4 is 0 Å². The van der Waals surface area contributed by atoms with Gasteiger partial charge in [0.25, 0.3) is 0 Å². The van der Waals surface area contributed by atoms with Crippen LogP contribution in [0.25, 0.3) is 11.6 Å². The molecule has 0 atom stereocenters. The van der Waals surface area contributed by atoms with Crippen molar-refractivity contribution in [2.45, 2.75) is 32.6 Å². The first-order valence-corrected chi connectivity index (χ1v) is 10.9. The molecule has 4 rings (SSSR count). The van der Waals surface area contributed by atoms with Crippen LogP contribution in [0.4, 0.5) is 0 Å². The van der Waals surface area contributed by atoms with Crippen LogP contribution >= 0.6 is 22.9 Å². The largest absolute Gasteiger partial charge is 0.303 e. The van der Waals surface area contributed by atoms with E-state index >= 15 is 0 Å². The molecule has 2 aliphatic rings. The molecule has 0 radical (unpaired) electrons. The number of nitrogens with zero attached hydrogens (tertiary/aromatic N) is 1. The number of carbonyl (C=O) groups excluding carboxylic acids is 1. The molecule has 4 heteroatoms. The Bertz CT molecular complexity index is 914. The summed E-state index contributed by atoms with van der Waals surface area (Å²) in [5.74, 6) is 0. The lowest BCUT2D eigenvalue weighted by atomic mass is 9.87. The van der Waals surface area contributed by atoms with Crippen molar-refractivity contribution in [3.05, 3.63) is 68.4 Å². The zero-order chi connectivity index (χ0) is 18.8. The molecule has 1 aliphatic heterocycles. The molecular formula is C23H24ClNOS. The van der Waals surface area contributed by atoms with Gasteiger partial charge in [-0.1, -0.05) is 36.8 Å². The van der Waals surface area contributed by atoms with E-state index in [2.05, 4.69) is 42.2 Å². The van der Waals surface area contributed by atoms with E-state index in [-0.39, 0.29) is 0 Å². The molecule has 0 N–H and O–H groups in total. The number of allylic oxidation sites excluding steroid dienone is 1. The molecule has 140 valence electrons. The van der Waals surface area contributed by atoms with Gasteiger partial charge in [0.05, 0.1) is 0 Å². The van der Waals surface area contributed by atoms with Crippen molar-refractivity contribution in [1.82, 2.24) is 4.90 Å². The highest BCUT2D eigenvalue weighted by molar-refractivity contribution is 7.13. The second kappa shape index (κ2) is 8.14. The van der Waals surface area contributed by atoms with Gasteiger partial charge >= 0.3 is 0 Å². The van der Waals surface area contributed by atoms with Crippen LogP contribution in [0.3, 0.4) is 0 Å². The highest BCUT2D eigenvalue weighted by atomic mass is 35.5. The number of carbonyl (C=O) groups is 1. The van der Waals surface area contributed by atoms with Crippen molar-refractivity contribution in [2.75, 3.05) is 19.6 Å². The first-order chi connectivity index (χ1) is 13.2. The van der Waals surface area contributed by atoms with Crippen LogP contribution in [0, 0.1) is 0 Å². The zero-order valence-corrected chi connectivity index (χ0v) is 17.2. The molecule has 1 fully saturated rings. The summed E-state index contributed by atoms with van der Waals surface area (Å²) in [6.45, 7) is 5.66. The van der Waals surface area contributed by atoms with Crippen molar-refractivity contribution in [1.29, 1.82) is 0 Å². The minimum Gasteiger partial charge on any atom is -0.303 e. The Balaban J connectivity index is 1.82. The van der Waals surface area contributed by atoms with Gasteiger partial charge in [-0.3, -0.25) is 4.79 Å². The number of thiophene rings is 1. The summed E-state index contributed by atoms with van der Waals surface area (Å²) in [4.78, 5) is 16.2. The van der Waals surface area contributed by atoms with Gasteiger partial charge in [0.2, 0.25) is 5.24 Å².